The summed E-state index contributed by atoms with van der Waals surface area (Å²) in [5.41, 5.74) is 2.02. The van der Waals surface area contributed by atoms with Crippen LogP contribution in [0.2, 0.25) is 0 Å². The van der Waals surface area contributed by atoms with Crippen molar-refractivity contribution in [3.8, 4) is 11.5 Å². The molecule has 2 rings (SSSR count). The van der Waals surface area contributed by atoms with Gasteiger partial charge in [-0.15, -0.1) is 0 Å². The van der Waals surface area contributed by atoms with Crippen LogP contribution in [-0.4, -0.2) is 44.0 Å². The topological polar surface area (TPSA) is 67.9 Å². The molecular formula is C21H26N2O4. The maximum atomic E-state index is 12.2. The van der Waals surface area contributed by atoms with Crippen molar-refractivity contribution in [1.82, 2.24) is 10.2 Å². The number of nitrogens with one attached hydrogen (secondary N) is 1. The summed E-state index contributed by atoms with van der Waals surface area (Å²) in [6.07, 6.45) is 0.617. The number of hydrogen-bond donors (Lipinski definition) is 1. The molecule has 0 radical (unpaired) electrons. The fraction of sp³-hybridized carbons (Fsp3) is 0.333. The Labute approximate surface area is 160 Å². The molecule has 0 saturated heterocycles. The molecular weight excluding hydrogens is 344 g/mol. The third-order valence-electron chi connectivity index (χ3n) is 4.23. The van der Waals surface area contributed by atoms with Crippen LogP contribution in [0.25, 0.3) is 0 Å². The SMILES string of the molecule is COc1ccc(CCN(CC(=O)NCc2ccccc2)C(C)=O)cc1OC. The van der Waals surface area contributed by atoms with Crippen molar-refractivity contribution in [2.75, 3.05) is 27.3 Å². The number of amides is 2. The minimum atomic E-state index is -0.179. The molecule has 0 fully saturated rings. The first-order chi connectivity index (χ1) is 13.0. The van der Waals surface area contributed by atoms with E-state index in [1.165, 1.54) is 11.8 Å². The first kappa shape index (κ1) is 20.3. The molecule has 0 aliphatic heterocycles. The Balaban J connectivity index is 1.89. The van der Waals surface area contributed by atoms with E-state index in [0.29, 0.717) is 31.0 Å². The lowest BCUT2D eigenvalue weighted by molar-refractivity contribution is -0.134. The summed E-state index contributed by atoms with van der Waals surface area (Å²) in [5.74, 6) is 0.988. The second kappa shape index (κ2) is 10.2. The minimum Gasteiger partial charge on any atom is -0.493 e. The van der Waals surface area contributed by atoms with E-state index < -0.39 is 0 Å². The van der Waals surface area contributed by atoms with Crippen molar-refractivity contribution in [3.05, 3.63) is 59.7 Å². The second-order valence-electron chi connectivity index (χ2n) is 6.14. The molecule has 1 N–H and O–H groups in total. The Kier molecular flexibility index (Phi) is 7.67. The van der Waals surface area contributed by atoms with E-state index in [2.05, 4.69) is 5.32 Å². The van der Waals surface area contributed by atoms with Gasteiger partial charge in [0.25, 0.3) is 0 Å². The molecule has 0 spiro atoms. The molecule has 2 aromatic carbocycles. The summed E-state index contributed by atoms with van der Waals surface area (Å²) in [5, 5.41) is 2.85. The molecule has 6 heteroatoms. The molecule has 0 aliphatic carbocycles. The van der Waals surface area contributed by atoms with Gasteiger partial charge in [0, 0.05) is 20.0 Å². The monoisotopic (exact) mass is 370 g/mol. The van der Waals surface area contributed by atoms with Gasteiger partial charge < -0.3 is 19.7 Å². The number of methoxy groups -OCH3 is 2. The summed E-state index contributed by atoms with van der Waals surface area (Å²) in [7, 11) is 3.17. The van der Waals surface area contributed by atoms with Crippen LogP contribution in [0.1, 0.15) is 18.1 Å². The summed E-state index contributed by atoms with van der Waals surface area (Å²) in [4.78, 5) is 25.6. The molecule has 0 saturated carbocycles. The molecule has 0 heterocycles. The Hall–Kier alpha value is -3.02. The number of rotatable bonds is 9. The summed E-state index contributed by atoms with van der Waals surface area (Å²) in [6, 6.07) is 15.3. The predicted molar refractivity (Wildman–Crippen MR) is 104 cm³/mol. The van der Waals surface area contributed by atoms with Gasteiger partial charge in [0.1, 0.15) is 0 Å². The molecule has 0 aliphatic rings. The van der Waals surface area contributed by atoms with E-state index in [0.717, 1.165) is 11.1 Å². The molecule has 2 amide bonds. The summed E-state index contributed by atoms with van der Waals surface area (Å²) < 4.78 is 10.5. The Bertz CT molecular complexity index is 762. The summed E-state index contributed by atoms with van der Waals surface area (Å²) >= 11 is 0. The molecule has 27 heavy (non-hydrogen) atoms. The van der Waals surface area contributed by atoms with Gasteiger partial charge in [-0.2, -0.15) is 0 Å². The van der Waals surface area contributed by atoms with Crippen molar-refractivity contribution in [2.45, 2.75) is 19.9 Å². The van der Waals surface area contributed by atoms with Gasteiger partial charge in [0.2, 0.25) is 11.8 Å². The highest BCUT2D eigenvalue weighted by Gasteiger charge is 2.14. The fourth-order valence-electron chi connectivity index (χ4n) is 2.67. The number of ether oxygens (including phenoxy) is 2. The van der Waals surface area contributed by atoms with Crippen molar-refractivity contribution >= 4 is 11.8 Å². The number of carbonyl (C=O) groups is 2. The number of nitrogens with zero attached hydrogens (tertiary/aromatic N) is 1. The normalized spacial score (nSPS) is 10.2. The first-order valence-electron chi connectivity index (χ1n) is 8.80. The van der Waals surface area contributed by atoms with Crippen LogP contribution in [0.15, 0.2) is 48.5 Å². The van der Waals surface area contributed by atoms with Crippen molar-refractivity contribution in [2.24, 2.45) is 0 Å². The molecule has 6 nitrogen and oxygen atoms in total. The molecule has 2 aromatic rings. The lowest BCUT2D eigenvalue weighted by Crippen LogP contribution is -2.40. The Morgan fingerprint density at radius 2 is 1.67 bits per heavy atom. The van der Waals surface area contributed by atoms with Crippen LogP contribution in [0.3, 0.4) is 0 Å². The van der Waals surface area contributed by atoms with E-state index in [1.807, 2.05) is 48.5 Å². The maximum Gasteiger partial charge on any atom is 0.239 e. The maximum absolute atomic E-state index is 12.2. The highest BCUT2D eigenvalue weighted by molar-refractivity contribution is 5.83. The van der Waals surface area contributed by atoms with E-state index in [1.54, 1.807) is 14.2 Å². The molecule has 0 aromatic heterocycles. The van der Waals surface area contributed by atoms with Crippen molar-refractivity contribution in [3.63, 3.8) is 0 Å². The van der Waals surface area contributed by atoms with Crippen LogP contribution in [-0.2, 0) is 22.6 Å². The highest BCUT2D eigenvalue weighted by atomic mass is 16.5. The third-order valence-corrected chi connectivity index (χ3v) is 4.23. The quantitative estimate of drug-likeness (QED) is 0.736. The van der Waals surface area contributed by atoms with Gasteiger partial charge in [0.15, 0.2) is 11.5 Å². The minimum absolute atomic E-state index is 0.0372. The average molecular weight is 370 g/mol. The van der Waals surface area contributed by atoms with Crippen molar-refractivity contribution < 1.29 is 19.1 Å². The first-order valence-corrected chi connectivity index (χ1v) is 8.80. The largest absolute Gasteiger partial charge is 0.493 e. The Morgan fingerprint density at radius 1 is 0.963 bits per heavy atom. The van der Waals surface area contributed by atoms with Gasteiger partial charge in [0.05, 0.1) is 20.8 Å². The van der Waals surface area contributed by atoms with Crippen LogP contribution in [0.5, 0.6) is 11.5 Å². The van der Waals surface area contributed by atoms with Gasteiger partial charge in [-0.1, -0.05) is 36.4 Å². The smallest absolute Gasteiger partial charge is 0.239 e. The molecule has 0 bridgehead atoms. The second-order valence-corrected chi connectivity index (χ2v) is 6.14. The zero-order chi connectivity index (χ0) is 19.6. The van der Waals surface area contributed by atoms with E-state index >= 15 is 0 Å². The van der Waals surface area contributed by atoms with E-state index in [-0.39, 0.29) is 18.4 Å². The highest BCUT2D eigenvalue weighted by Crippen LogP contribution is 2.27. The van der Waals surface area contributed by atoms with Crippen LogP contribution < -0.4 is 14.8 Å². The summed E-state index contributed by atoms with van der Waals surface area (Å²) in [6.45, 7) is 2.40. The standard InChI is InChI=1S/C21H26N2O4/c1-16(24)23(15-21(25)22-14-18-7-5-4-6-8-18)12-11-17-9-10-19(26-2)20(13-17)27-3/h4-10,13H,11-12,14-15H2,1-3H3,(H,22,25). The molecule has 0 unspecified atom stereocenters. The fourth-order valence-corrected chi connectivity index (χ4v) is 2.67. The van der Waals surface area contributed by atoms with Gasteiger partial charge >= 0.3 is 0 Å². The number of benzene rings is 2. The van der Waals surface area contributed by atoms with E-state index in [9.17, 15) is 9.59 Å². The number of carbonyl (C=O) groups excluding carboxylic acids is 2. The van der Waals surface area contributed by atoms with Crippen molar-refractivity contribution in [1.29, 1.82) is 0 Å². The predicted octanol–water partition coefficient (Wildman–Crippen LogP) is 2.41. The zero-order valence-electron chi connectivity index (χ0n) is 16.0. The Morgan fingerprint density at radius 3 is 2.30 bits per heavy atom. The zero-order valence-corrected chi connectivity index (χ0v) is 16.0. The van der Waals surface area contributed by atoms with Crippen LogP contribution >= 0.6 is 0 Å². The molecule has 144 valence electrons. The van der Waals surface area contributed by atoms with Gasteiger partial charge in [-0.05, 0) is 29.7 Å². The average Bonchev–Trinajstić information content (AvgIpc) is 2.69. The third kappa shape index (κ3) is 6.33. The van der Waals surface area contributed by atoms with Gasteiger partial charge in [-0.25, -0.2) is 0 Å². The molecule has 0 atom stereocenters. The van der Waals surface area contributed by atoms with Gasteiger partial charge in [-0.3, -0.25) is 9.59 Å². The van der Waals surface area contributed by atoms with Crippen LogP contribution in [0.4, 0.5) is 0 Å². The van der Waals surface area contributed by atoms with Crippen LogP contribution in [0, 0.1) is 0 Å². The number of hydrogen-bond acceptors (Lipinski definition) is 4. The lowest BCUT2D eigenvalue weighted by atomic mass is 10.1. The van der Waals surface area contributed by atoms with E-state index in [4.69, 9.17) is 9.47 Å². The lowest BCUT2D eigenvalue weighted by Gasteiger charge is -2.21.